The van der Waals surface area contributed by atoms with Gasteiger partial charge in [0.15, 0.2) is 0 Å². The van der Waals surface area contributed by atoms with Gasteiger partial charge in [0.05, 0.1) is 24.1 Å². The monoisotopic (exact) mass is 408 g/mol. The van der Waals surface area contributed by atoms with Crippen LogP contribution in [0.4, 0.5) is 8.78 Å². The zero-order valence-corrected chi connectivity index (χ0v) is 17.0. The molecule has 2 aliphatic heterocycles. The predicted molar refractivity (Wildman–Crippen MR) is 103 cm³/mol. The Kier molecular flexibility index (Phi) is 4.56. The highest BCUT2D eigenvalue weighted by atomic mass is 32.1. The number of fused-ring (bicyclic) bond motifs is 2. The maximum Gasteiger partial charge on any atom is 0.270 e. The van der Waals surface area contributed by atoms with Crippen molar-refractivity contribution in [2.75, 3.05) is 19.7 Å². The van der Waals surface area contributed by atoms with Gasteiger partial charge in [0.1, 0.15) is 6.04 Å². The summed E-state index contributed by atoms with van der Waals surface area (Å²) in [6.45, 7) is 5.51. The zero-order chi connectivity index (χ0) is 19.4. The lowest BCUT2D eigenvalue weighted by molar-refractivity contribution is -0.127. The molecular weight excluding hydrogens is 382 g/mol. The summed E-state index contributed by atoms with van der Waals surface area (Å²) in [6, 6.07) is 1.54. The van der Waals surface area contributed by atoms with Crippen molar-refractivity contribution in [3.8, 4) is 0 Å². The molecule has 2 aromatic heterocycles. The van der Waals surface area contributed by atoms with E-state index in [2.05, 4.69) is 28.2 Å². The molecule has 5 nitrogen and oxygen atoms in total. The Morgan fingerprint density at radius 3 is 2.79 bits per heavy atom. The van der Waals surface area contributed by atoms with Crippen LogP contribution < -0.4 is 0 Å². The Hall–Kier alpha value is -1.38. The van der Waals surface area contributed by atoms with Gasteiger partial charge in [-0.05, 0) is 37.3 Å². The molecule has 1 saturated carbocycles. The number of hydrogen-bond acceptors (Lipinski definition) is 5. The van der Waals surface area contributed by atoms with Crippen LogP contribution in [-0.2, 0) is 29.7 Å². The molecule has 2 fully saturated rings. The van der Waals surface area contributed by atoms with Gasteiger partial charge < -0.3 is 4.74 Å². The number of aromatic nitrogens is 3. The van der Waals surface area contributed by atoms with E-state index < -0.39 is 12.0 Å². The van der Waals surface area contributed by atoms with Crippen LogP contribution >= 0.6 is 11.3 Å². The zero-order valence-electron chi connectivity index (χ0n) is 16.2. The number of rotatable bonds is 4. The molecule has 1 unspecified atom stereocenters. The van der Waals surface area contributed by atoms with Crippen LogP contribution in [-0.4, -0.2) is 45.5 Å². The molecule has 5 rings (SSSR count). The SMILES string of the molecule is CCc1cc2c(s1)CCOC21CCN(Cc2cn(C3CCC3(F)F)nn2)CC1. The second-order valence-corrected chi connectivity index (χ2v) is 9.50. The average Bonchev–Trinajstić information content (AvgIpc) is 3.31. The molecule has 8 heteroatoms. The Morgan fingerprint density at radius 2 is 2.11 bits per heavy atom. The van der Waals surface area contributed by atoms with Crippen molar-refractivity contribution in [3.63, 3.8) is 0 Å². The summed E-state index contributed by atoms with van der Waals surface area (Å²) >= 11 is 1.94. The summed E-state index contributed by atoms with van der Waals surface area (Å²) in [6.07, 6.45) is 6.16. The number of halogens is 2. The van der Waals surface area contributed by atoms with Crippen molar-refractivity contribution < 1.29 is 13.5 Å². The smallest absolute Gasteiger partial charge is 0.270 e. The van der Waals surface area contributed by atoms with E-state index in [4.69, 9.17) is 4.74 Å². The number of likely N-dealkylation sites (tertiary alicyclic amines) is 1. The number of hydrogen-bond donors (Lipinski definition) is 0. The van der Waals surface area contributed by atoms with E-state index in [-0.39, 0.29) is 12.0 Å². The fourth-order valence-electron chi connectivity index (χ4n) is 4.72. The lowest BCUT2D eigenvalue weighted by Crippen LogP contribution is -2.45. The van der Waals surface area contributed by atoms with E-state index in [0.29, 0.717) is 13.0 Å². The summed E-state index contributed by atoms with van der Waals surface area (Å²) in [5, 5.41) is 8.10. The normalized spacial score (nSPS) is 26.2. The van der Waals surface area contributed by atoms with Gasteiger partial charge in [-0.15, -0.1) is 16.4 Å². The van der Waals surface area contributed by atoms with Crippen LogP contribution in [0.25, 0.3) is 0 Å². The summed E-state index contributed by atoms with van der Waals surface area (Å²) in [4.78, 5) is 5.28. The first kappa shape index (κ1) is 18.6. The van der Waals surface area contributed by atoms with Crippen molar-refractivity contribution in [1.82, 2.24) is 19.9 Å². The van der Waals surface area contributed by atoms with Crippen LogP contribution in [0.15, 0.2) is 12.3 Å². The summed E-state index contributed by atoms with van der Waals surface area (Å²) in [7, 11) is 0. The van der Waals surface area contributed by atoms with E-state index in [0.717, 1.165) is 51.1 Å². The summed E-state index contributed by atoms with van der Waals surface area (Å²) in [5.74, 6) is -2.64. The van der Waals surface area contributed by atoms with Gasteiger partial charge in [-0.3, -0.25) is 4.90 Å². The van der Waals surface area contributed by atoms with Crippen LogP contribution in [0.2, 0.25) is 0 Å². The lowest BCUT2D eigenvalue weighted by atomic mass is 9.82. The minimum absolute atomic E-state index is 0.0502. The van der Waals surface area contributed by atoms with Crippen LogP contribution in [0, 0.1) is 0 Å². The molecule has 0 N–H and O–H groups in total. The third-order valence-corrected chi connectivity index (χ3v) is 7.91. The van der Waals surface area contributed by atoms with E-state index in [1.165, 1.54) is 20.0 Å². The molecule has 1 atom stereocenters. The number of piperidine rings is 1. The number of aryl methyl sites for hydroxylation is 1. The van der Waals surface area contributed by atoms with Crippen molar-refractivity contribution in [1.29, 1.82) is 0 Å². The van der Waals surface area contributed by atoms with Gasteiger partial charge in [-0.2, -0.15) is 0 Å². The average molecular weight is 409 g/mol. The highest BCUT2D eigenvalue weighted by molar-refractivity contribution is 7.12. The minimum atomic E-state index is -2.64. The summed E-state index contributed by atoms with van der Waals surface area (Å²) < 4.78 is 34.9. The first-order valence-corrected chi connectivity index (χ1v) is 11.1. The van der Waals surface area contributed by atoms with Gasteiger partial charge in [-0.25, -0.2) is 13.5 Å². The Labute approximate surface area is 167 Å². The van der Waals surface area contributed by atoms with Gasteiger partial charge in [0, 0.05) is 42.2 Å². The first-order valence-electron chi connectivity index (χ1n) is 10.3. The Balaban J connectivity index is 1.24. The second kappa shape index (κ2) is 6.85. The molecule has 2 aromatic rings. The Morgan fingerprint density at radius 1 is 1.29 bits per heavy atom. The second-order valence-electron chi connectivity index (χ2n) is 8.28. The molecule has 3 aliphatic rings. The van der Waals surface area contributed by atoms with Gasteiger partial charge >= 0.3 is 0 Å². The molecular formula is C20H26F2N4OS. The van der Waals surface area contributed by atoms with Gasteiger partial charge in [0.25, 0.3) is 5.92 Å². The van der Waals surface area contributed by atoms with E-state index in [1.54, 1.807) is 6.20 Å². The topological polar surface area (TPSA) is 43.2 Å². The number of nitrogens with zero attached hydrogens (tertiary/aromatic N) is 4. The third kappa shape index (κ3) is 3.09. The molecule has 1 saturated heterocycles. The quantitative estimate of drug-likeness (QED) is 0.769. The van der Waals surface area contributed by atoms with Gasteiger partial charge in [-0.1, -0.05) is 12.1 Å². The van der Waals surface area contributed by atoms with Crippen LogP contribution in [0.1, 0.15) is 59.7 Å². The molecule has 0 amide bonds. The lowest BCUT2D eigenvalue weighted by Gasteiger charge is -2.44. The highest BCUT2D eigenvalue weighted by Crippen LogP contribution is 2.47. The fraction of sp³-hybridized carbons (Fsp3) is 0.700. The largest absolute Gasteiger partial charge is 0.370 e. The van der Waals surface area contributed by atoms with E-state index in [9.17, 15) is 8.78 Å². The molecule has 152 valence electrons. The number of thiophene rings is 1. The van der Waals surface area contributed by atoms with Crippen molar-refractivity contribution in [2.24, 2.45) is 0 Å². The number of alkyl halides is 2. The third-order valence-electron chi connectivity index (χ3n) is 6.57. The molecule has 1 spiro atoms. The van der Waals surface area contributed by atoms with E-state index >= 15 is 0 Å². The predicted octanol–water partition coefficient (Wildman–Crippen LogP) is 3.94. The molecule has 0 bridgehead atoms. The molecule has 28 heavy (non-hydrogen) atoms. The van der Waals surface area contributed by atoms with Crippen LogP contribution in [0.3, 0.4) is 0 Å². The standard InChI is InChI=1S/C20H26F2N4OS/c1-2-15-11-16-17(28-15)4-10-27-19(16)6-8-25(9-7-19)12-14-13-26(24-23-14)18-3-5-20(18,21)22/h11,13,18H,2-10,12H2,1H3. The maximum absolute atomic E-state index is 13.6. The molecule has 0 aromatic carbocycles. The van der Waals surface area contributed by atoms with Gasteiger partial charge in [0.2, 0.25) is 0 Å². The summed E-state index contributed by atoms with van der Waals surface area (Å²) in [5.41, 5.74) is 2.05. The Bertz CT molecular complexity index is 856. The van der Waals surface area contributed by atoms with Crippen molar-refractivity contribution in [3.05, 3.63) is 33.3 Å². The first-order chi connectivity index (χ1) is 13.5. The van der Waals surface area contributed by atoms with Crippen molar-refractivity contribution >= 4 is 11.3 Å². The highest BCUT2D eigenvalue weighted by Gasteiger charge is 2.50. The maximum atomic E-state index is 13.6. The molecule has 0 radical (unpaired) electrons. The van der Waals surface area contributed by atoms with Crippen molar-refractivity contribution in [2.45, 2.75) is 69.6 Å². The van der Waals surface area contributed by atoms with Crippen LogP contribution in [0.5, 0.6) is 0 Å². The molecule has 1 aliphatic carbocycles. The number of ether oxygens (including phenoxy) is 1. The van der Waals surface area contributed by atoms with E-state index in [1.807, 2.05) is 11.3 Å². The fourth-order valence-corrected chi connectivity index (χ4v) is 5.90. The minimum Gasteiger partial charge on any atom is -0.370 e. The molecule has 4 heterocycles.